The van der Waals surface area contributed by atoms with Crippen molar-refractivity contribution in [1.29, 1.82) is 0 Å². The second-order valence-electron chi connectivity index (χ2n) is 7.29. The molecule has 1 N–H and O–H groups in total. The van der Waals surface area contributed by atoms with E-state index >= 15 is 0 Å². The van der Waals surface area contributed by atoms with E-state index in [1.165, 1.54) is 31.9 Å². The van der Waals surface area contributed by atoms with Gasteiger partial charge < -0.3 is 19.5 Å². The quantitative estimate of drug-likeness (QED) is 0.438. The highest BCUT2D eigenvalue weighted by Crippen LogP contribution is 2.36. The van der Waals surface area contributed by atoms with Crippen molar-refractivity contribution in [3.05, 3.63) is 64.2 Å². The molecule has 0 aromatic heterocycles. The SMILES string of the molecule is COc1cc(/C=C/C(=O)OCC(=O)N[C@@H](C)c2ccc(C(C)C)cc2)cc(Cl)c1OC. The molecule has 2 rings (SSSR count). The third kappa shape index (κ3) is 7.03. The molecule has 0 heterocycles. The number of nitrogens with one attached hydrogen (secondary N) is 1. The maximum absolute atomic E-state index is 12.1. The lowest BCUT2D eigenvalue weighted by atomic mass is 9.99. The summed E-state index contributed by atoms with van der Waals surface area (Å²) in [5, 5.41) is 3.17. The molecule has 0 radical (unpaired) electrons. The van der Waals surface area contributed by atoms with Gasteiger partial charge in [-0.3, -0.25) is 4.79 Å². The first-order chi connectivity index (χ1) is 14.7. The predicted molar refractivity (Wildman–Crippen MR) is 122 cm³/mol. The van der Waals surface area contributed by atoms with Gasteiger partial charge in [0.15, 0.2) is 18.1 Å². The minimum Gasteiger partial charge on any atom is -0.493 e. The number of amides is 1. The Bertz CT molecular complexity index is 938. The second-order valence-corrected chi connectivity index (χ2v) is 7.70. The molecule has 0 unspecified atom stereocenters. The Morgan fingerprint density at radius 3 is 2.26 bits per heavy atom. The standard InChI is InChI=1S/C24H28ClNO5/c1-15(2)18-7-9-19(10-8-18)16(3)26-22(27)14-31-23(28)11-6-17-12-20(25)24(30-5)21(13-17)29-4/h6-13,15-16H,14H2,1-5H3,(H,26,27)/b11-6+/t16-/m0/s1. The molecule has 6 nitrogen and oxygen atoms in total. The fourth-order valence-corrected chi connectivity index (χ4v) is 3.22. The van der Waals surface area contributed by atoms with Crippen molar-refractivity contribution in [2.45, 2.75) is 32.7 Å². The van der Waals surface area contributed by atoms with E-state index in [0.29, 0.717) is 28.0 Å². The van der Waals surface area contributed by atoms with Crippen LogP contribution in [-0.2, 0) is 14.3 Å². The van der Waals surface area contributed by atoms with Crippen LogP contribution in [0.3, 0.4) is 0 Å². The normalized spacial score (nSPS) is 12.0. The maximum Gasteiger partial charge on any atom is 0.331 e. The molecule has 2 aromatic carbocycles. The van der Waals surface area contributed by atoms with Gasteiger partial charge in [0.2, 0.25) is 0 Å². The van der Waals surface area contributed by atoms with E-state index in [9.17, 15) is 9.59 Å². The number of methoxy groups -OCH3 is 2. The molecule has 7 heteroatoms. The molecular weight excluding hydrogens is 418 g/mol. The van der Waals surface area contributed by atoms with Crippen LogP contribution in [0.4, 0.5) is 0 Å². The van der Waals surface area contributed by atoms with Crippen LogP contribution in [0.25, 0.3) is 6.08 Å². The number of hydrogen-bond donors (Lipinski definition) is 1. The summed E-state index contributed by atoms with van der Waals surface area (Å²) >= 11 is 6.15. The number of hydrogen-bond acceptors (Lipinski definition) is 5. The topological polar surface area (TPSA) is 73.9 Å². The lowest BCUT2D eigenvalue weighted by Crippen LogP contribution is -2.30. The molecule has 0 aliphatic heterocycles. The Kier molecular flexibility index (Phi) is 8.94. The smallest absolute Gasteiger partial charge is 0.331 e. The lowest BCUT2D eigenvalue weighted by molar-refractivity contribution is -0.144. The number of rotatable bonds is 9. The first-order valence-corrected chi connectivity index (χ1v) is 10.3. The number of carbonyl (C=O) groups is 2. The average Bonchev–Trinajstić information content (AvgIpc) is 2.75. The Balaban J connectivity index is 1.88. The van der Waals surface area contributed by atoms with Crippen molar-refractivity contribution in [1.82, 2.24) is 5.32 Å². The van der Waals surface area contributed by atoms with Crippen molar-refractivity contribution in [2.24, 2.45) is 0 Å². The molecule has 0 aliphatic carbocycles. The summed E-state index contributed by atoms with van der Waals surface area (Å²) in [5.41, 5.74) is 2.84. The minimum absolute atomic E-state index is 0.197. The first-order valence-electron chi connectivity index (χ1n) is 9.90. The van der Waals surface area contributed by atoms with Crippen LogP contribution in [0.15, 0.2) is 42.5 Å². The number of esters is 1. The average molecular weight is 446 g/mol. The Morgan fingerprint density at radius 1 is 1.03 bits per heavy atom. The lowest BCUT2D eigenvalue weighted by Gasteiger charge is -2.15. The highest BCUT2D eigenvalue weighted by Gasteiger charge is 2.12. The van der Waals surface area contributed by atoms with E-state index in [4.69, 9.17) is 25.8 Å². The monoisotopic (exact) mass is 445 g/mol. The highest BCUT2D eigenvalue weighted by molar-refractivity contribution is 6.32. The highest BCUT2D eigenvalue weighted by atomic mass is 35.5. The van der Waals surface area contributed by atoms with E-state index in [0.717, 1.165) is 5.56 Å². The maximum atomic E-state index is 12.1. The summed E-state index contributed by atoms with van der Waals surface area (Å²) in [6.45, 7) is 5.76. The Labute approximate surface area is 188 Å². The van der Waals surface area contributed by atoms with Gasteiger partial charge in [0, 0.05) is 6.08 Å². The van der Waals surface area contributed by atoms with E-state index in [1.807, 2.05) is 31.2 Å². The zero-order valence-electron chi connectivity index (χ0n) is 18.4. The molecule has 0 saturated heterocycles. The third-order valence-electron chi connectivity index (χ3n) is 4.69. The van der Waals surface area contributed by atoms with Gasteiger partial charge in [0.05, 0.1) is 25.3 Å². The summed E-state index contributed by atoms with van der Waals surface area (Å²) in [6.07, 6.45) is 2.74. The van der Waals surface area contributed by atoms with Gasteiger partial charge in [-0.25, -0.2) is 4.79 Å². The van der Waals surface area contributed by atoms with Gasteiger partial charge >= 0.3 is 5.97 Å². The predicted octanol–water partition coefficient (Wildman–Crippen LogP) is 4.91. The van der Waals surface area contributed by atoms with Crippen LogP contribution in [-0.4, -0.2) is 32.7 Å². The fraction of sp³-hybridized carbons (Fsp3) is 0.333. The molecular formula is C24H28ClNO5. The number of halogens is 1. The summed E-state index contributed by atoms with van der Waals surface area (Å²) in [5.74, 6) is 0.277. The van der Waals surface area contributed by atoms with Crippen LogP contribution in [0, 0.1) is 0 Å². The zero-order chi connectivity index (χ0) is 23.0. The van der Waals surface area contributed by atoms with Gasteiger partial charge in [-0.15, -0.1) is 0 Å². The van der Waals surface area contributed by atoms with Gasteiger partial charge in [0.1, 0.15) is 0 Å². The zero-order valence-corrected chi connectivity index (χ0v) is 19.2. The minimum atomic E-state index is -0.644. The molecule has 0 aliphatic rings. The van der Waals surface area contributed by atoms with Crippen molar-refractivity contribution in [3.63, 3.8) is 0 Å². The largest absolute Gasteiger partial charge is 0.493 e. The molecule has 1 amide bonds. The van der Waals surface area contributed by atoms with E-state index in [1.54, 1.807) is 12.1 Å². The molecule has 0 spiro atoms. The summed E-state index contributed by atoms with van der Waals surface area (Å²) in [7, 11) is 2.98. The van der Waals surface area contributed by atoms with E-state index in [-0.39, 0.29) is 18.6 Å². The second kappa shape index (κ2) is 11.4. The van der Waals surface area contributed by atoms with E-state index in [2.05, 4.69) is 19.2 Å². The fourth-order valence-electron chi connectivity index (χ4n) is 2.92. The van der Waals surface area contributed by atoms with Crippen LogP contribution in [0.1, 0.15) is 49.4 Å². The Hall–Kier alpha value is -2.99. The molecule has 31 heavy (non-hydrogen) atoms. The molecule has 2 aromatic rings. The summed E-state index contributed by atoms with van der Waals surface area (Å²) < 4.78 is 15.4. The molecule has 0 saturated carbocycles. The van der Waals surface area contributed by atoms with Crippen molar-refractivity contribution in [3.8, 4) is 11.5 Å². The van der Waals surface area contributed by atoms with Crippen LogP contribution in [0.2, 0.25) is 5.02 Å². The number of carbonyl (C=O) groups excluding carboxylic acids is 2. The van der Waals surface area contributed by atoms with Crippen molar-refractivity contribution < 1.29 is 23.8 Å². The number of benzene rings is 2. The van der Waals surface area contributed by atoms with Gasteiger partial charge in [-0.1, -0.05) is 49.7 Å². The van der Waals surface area contributed by atoms with Gasteiger partial charge in [-0.2, -0.15) is 0 Å². The van der Waals surface area contributed by atoms with Gasteiger partial charge in [-0.05, 0) is 47.7 Å². The van der Waals surface area contributed by atoms with Gasteiger partial charge in [0.25, 0.3) is 5.91 Å². The number of ether oxygens (including phenoxy) is 3. The Morgan fingerprint density at radius 2 is 1.68 bits per heavy atom. The van der Waals surface area contributed by atoms with Crippen LogP contribution >= 0.6 is 11.6 Å². The first kappa shape index (κ1) is 24.3. The summed E-state index contributed by atoms with van der Waals surface area (Å²) in [4.78, 5) is 24.1. The van der Waals surface area contributed by atoms with Crippen LogP contribution < -0.4 is 14.8 Å². The summed E-state index contributed by atoms with van der Waals surface area (Å²) in [6, 6.07) is 11.2. The molecule has 166 valence electrons. The molecule has 0 bridgehead atoms. The molecule has 0 fully saturated rings. The molecule has 1 atom stereocenters. The van der Waals surface area contributed by atoms with Crippen LogP contribution in [0.5, 0.6) is 11.5 Å². The third-order valence-corrected chi connectivity index (χ3v) is 4.97. The van der Waals surface area contributed by atoms with Crippen molar-refractivity contribution >= 4 is 29.6 Å². The van der Waals surface area contributed by atoms with Crippen molar-refractivity contribution in [2.75, 3.05) is 20.8 Å². The van der Waals surface area contributed by atoms with E-state index < -0.39 is 5.97 Å².